The van der Waals surface area contributed by atoms with Crippen LogP contribution < -0.4 is 4.74 Å². The van der Waals surface area contributed by atoms with Crippen molar-refractivity contribution in [1.82, 2.24) is 0 Å². The van der Waals surface area contributed by atoms with Gasteiger partial charge in [0.05, 0.1) is 18.8 Å². The molecule has 19 heavy (non-hydrogen) atoms. The van der Waals surface area contributed by atoms with Crippen LogP contribution in [0.1, 0.15) is 41.0 Å². The minimum atomic E-state index is -0.285. The molecule has 0 radical (unpaired) electrons. The highest BCUT2D eigenvalue weighted by atomic mass is 16.5. The van der Waals surface area contributed by atoms with Crippen LogP contribution in [-0.2, 0) is 4.74 Å². The van der Waals surface area contributed by atoms with Gasteiger partial charge in [0.25, 0.3) is 0 Å². The third kappa shape index (κ3) is 2.52. The van der Waals surface area contributed by atoms with E-state index in [-0.39, 0.29) is 17.3 Å². The van der Waals surface area contributed by atoms with E-state index in [1.54, 1.807) is 18.2 Å². The maximum atomic E-state index is 12.3. The molecule has 0 saturated heterocycles. The van der Waals surface area contributed by atoms with Gasteiger partial charge in [-0.05, 0) is 19.4 Å². The number of allylic oxidation sites excluding steroid dienone is 2. The fraction of sp³-hybridized carbons (Fsp3) is 0.333. The standard InChI is InChI=1S/C15H16O4/c1-3-8-19-13-9-11(16)10-6-5-7-12(18-4-2)14(10)15(13)17/h5-7,9H,3-4,8H2,1-2H3. The first-order chi connectivity index (χ1) is 9.19. The summed E-state index contributed by atoms with van der Waals surface area (Å²) in [6.07, 6.45) is 2.04. The molecule has 1 aliphatic rings. The van der Waals surface area contributed by atoms with E-state index in [4.69, 9.17) is 9.47 Å². The lowest BCUT2D eigenvalue weighted by molar-refractivity contribution is 0.0879. The Bertz CT molecular complexity index is 543. The summed E-state index contributed by atoms with van der Waals surface area (Å²) in [4.78, 5) is 24.3. The first kappa shape index (κ1) is 13.3. The molecule has 0 aliphatic heterocycles. The molecule has 0 N–H and O–H groups in total. The maximum Gasteiger partial charge on any atom is 0.232 e. The average molecular weight is 260 g/mol. The topological polar surface area (TPSA) is 52.6 Å². The second kappa shape index (κ2) is 5.69. The first-order valence-corrected chi connectivity index (χ1v) is 6.38. The molecule has 4 nitrogen and oxygen atoms in total. The van der Waals surface area contributed by atoms with Crippen molar-refractivity contribution in [3.8, 4) is 5.75 Å². The predicted molar refractivity (Wildman–Crippen MR) is 70.6 cm³/mol. The minimum Gasteiger partial charge on any atom is -0.493 e. The van der Waals surface area contributed by atoms with Gasteiger partial charge < -0.3 is 9.47 Å². The first-order valence-electron chi connectivity index (χ1n) is 6.38. The van der Waals surface area contributed by atoms with Crippen molar-refractivity contribution in [2.24, 2.45) is 0 Å². The summed E-state index contributed by atoms with van der Waals surface area (Å²) < 4.78 is 10.8. The van der Waals surface area contributed by atoms with Crippen LogP contribution in [0, 0.1) is 0 Å². The van der Waals surface area contributed by atoms with Crippen molar-refractivity contribution in [2.45, 2.75) is 20.3 Å². The van der Waals surface area contributed by atoms with E-state index >= 15 is 0 Å². The van der Waals surface area contributed by atoms with Crippen LogP contribution in [-0.4, -0.2) is 24.8 Å². The molecule has 1 aromatic rings. The van der Waals surface area contributed by atoms with Gasteiger partial charge in [-0.15, -0.1) is 0 Å². The van der Waals surface area contributed by atoms with Gasteiger partial charge in [0.2, 0.25) is 5.78 Å². The van der Waals surface area contributed by atoms with E-state index < -0.39 is 0 Å². The summed E-state index contributed by atoms with van der Waals surface area (Å²) in [6, 6.07) is 5.03. The van der Waals surface area contributed by atoms with Gasteiger partial charge in [0, 0.05) is 11.6 Å². The van der Waals surface area contributed by atoms with Crippen LogP contribution in [0.2, 0.25) is 0 Å². The number of hydrogen-bond acceptors (Lipinski definition) is 4. The Labute approximate surface area is 112 Å². The van der Waals surface area contributed by atoms with Crippen molar-refractivity contribution in [2.75, 3.05) is 13.2 Å². The number of carbonyl (C=O) groups excluding carboxylic acids is 2. The zero-order valence-corrected chi connectivity index (χ0v) is 11.1. The van der Waals surface area contributed by atoms with Crippen LogP contribution in [0.4, 0.5) is 0 Å². The zero-order valence-electron chi connectivity index (χ0n) is 11.1. The van der Waals surface area contributed by atoms with Crippen LogP contribution in [0.5, 0.6) is 5.75 Å². The number of fused-ring (bicyclic) bond motifs is 1. The number of hydrogen-bond donors (Lipinski definition) is 0. The third-order valence-corrected chi connectivity index (χ3v) is 2.77. The molecule has 0 aromatic heterocycles. The average Bonchev–Trinajstić information content (AvgIpc) is 2.41. The molecule has 100 valence electrons. The smallest absolute Gasteiger partial charge is 0.232 e. The van der Waals surface area contributed by atoms with Gasteiger partial charge in [-0.1, -0.05) is 19.1 Å². The lowest BCUT2D eigenvalue weighted by Crippen LogP contribution is -2.20. The second-order valence-electron chi connectivity index (χ2n) is 4.16. The monoisotopic (exact) mass is 260 g/mol. The number of Topliss-reactive ketones (excluding diaryl/α,β-unsaturated/α-hetero) is 1. The summed E-state index contributed by atoms with van der Waals surface area (Å²) in [5.74, 6) is 0.0323. The van der Waals surface area contributed by atoms with E-state index in [0.29, 0.717) is 30.1 Å². The van der Waals surface area contributed by atoms with E-state index in [1.807, 2.05) is 13.8 Å². The van der Waals surface area contributed by atoms with Crippen molar-refractivity contribution in [3.05, 3.63) is 41.2 Å². The van der Waals surface area contributed by atoms with Gasteiger partial charge in [0.15, 0.2) is 11.5 Å². The van der Waals surface area contributed by atoms with E-state index in [1.165, 1.54) is 6.08 Å². The molecule has 0 saturated carbocycles. The van der Waals surface area contributed by atoms with Crippen LogP contribution in [0.15, 0.2) is 30.0 Å². The molecule has 0 spiro atoms. The molecule has 0 bridgehead atoms. The fourth-order valence-electron chi connectivity index (χ4n) is 1.95. The Balaban J connectivity index is 2.43. The number of benzene rings is 1. The summed E-state index contributed by atoms with van der Waals surface area (Å²) in [5.41, 5.74) is 0.683. The number of ketones is 2. The highest BCUT2D eigenvalue weighted by Gasteiger charge is 2.29. The number of carbonyl (C=O) groups is 2. The molecule has 1 aromatic carbocycles. The van der Waals surface area contributed by atoms with Gasteiger partial charge >= 0.3 is 0 Å². The van der Waals surface area contributed by atoms with Crippen molar-refractivity contribution < 1.29 is 19.1 Å². The van der Waals surface area contributed by atoms with Crippen molar-refractivity contribution >= 4 is 11.6 Å². The van der Waals surface area contributed by atoms with Crippen molar-refractivity contribution in [1.29, 1.82) is 0 Å². The lowest BCUT2D eigenvalue weighted by Gasteiger charge is -2.18. The lowest BCUT2D eigenvalue weighted by atomic mass is 9.92. The number of rotatable bonds is 5. The van der Waals surface area contributed by atoms with Gasteiger partial charge in [-0.25, -0.2) is 0 Å². The molecular formula is C15H16O4. The van der Waals surface area contributed by atoms with Crippen LogP contribution in [0.25, 0.3) is 0 Å². The second-order valence-corrected chi connectivity index (χ2v) is 4.16. The molecule has 0 atom stereocenters. The van der Waals surface area contributed by atoms with Gasteiger partial charge in [0.1, 0.15) is 5.75 Å². The molecule has 0 unspecified atom stereocenters. The highest BCUT2D eigenvalue weighted by molar-refractivity contribution is 6.24. The SMILES string of the molecule is CCCOC1=CC(=O)c2cccc(OCC)c2C1=O. The molecule has 1 aliphatic carbocycles. The summed E-state index contributed by atoms with van der Waals surface area (Å²) in [6.45, 7) is 4.62. The van der Waals surface area contributed by atoms with E-state index in [9.17, 15) is 9.59 Å². The Morgan fingerprint density at radius 2 is 1.89 bits per heavy atom. The maximum absolute atomic E-state index is 12.3. The molecule has 2 rings (SSSR count). The fourth-order valence-corrected chi connectivity index (χ4v) is 1.95. The molecule has 4 heteroatoms. The highest BCUT2D eigenvalue weighted by Crippen LogP contribution is 2.30. The number of ether oxygens (including phenoxy) is 2. The summed E-state index contributed by atoms with van der Waals surface area (Å²) in [7, 11) is 0. The quantitative estimate of drug-likeness (QED) is 0.816. The molecular weight excluding hydrogens is 244 g/mol. The van der Waals surface area contributed by atoms with Crippen LogP contribution in [0.3, 0.4) is 0 Å². The van der Waals surface area contributed by atoms with E-state index in [2.05, 4.69) is 0 Å². The molecule has 0 fully saturated rings. The molecule has 0 heterocycles. The van der Waals surface area contributed by atoms with Gasteiger partial charge in [-0.3, -0.25) is 9.59 Å². The van der Waals surface area contributed by atoms with E-state index in [0.717, 1.165) is 6.42 Å². The van der Waals surface area contributed by atoms with Gasteiger partial charge in [-0.2, -0.15) is 0 Å². The Morgan fingerprint density at radius 1 is 1.11 bits per heavy atom. The Kier molecular flexibility index (Phi) is 4.00. The Hall–Kier alpha value is -2.10. The predicted octanol–water partition coefficient (Wildman–Crippen LogP) is 2.77. The minimum absolute atomic E-state index is 0.103. The van der Waals surface area contributed by atoms with Crippen molar-refractivity contribution in [3.63, 3.8) is 0 Å². The summed E-state index contributed by atoms with van der Waals surface area (Å²) >= 11 is 0. The third-order valence-electron chi connectivity index (χ3n) is 2.77. The largest absolute Gasteiger partial charge is 0.493 e. The van der Waals surface area contributed by atoms with Crippen LogP contribution >= 0.6 is 0 Å². The normalized spacial score (nSPS) is 13.9. The summed E-state index contributed by atoms with van der Waals surface area (Å²) in [5, 5.41) is 0. The Morgan fingerprint density at radius 3 is 2.58 bits per heavy atom. The molecule has 0 amide bonds. The zero-order chi connectivity index (χ0) is 13.8.